The molecule has 0 spiro atoms. The number of ether oxygens (including phenoxy) is 2. The number of hydrogen-bond donors (Lipinski definition) is 20. The number of nitrogens with two attached hydrogens (primary N) is 5. The number of aliphatic hydroxyl groups is 2. The summed E-state index contributed by atoms with van der Waals surface area (Å²) in [5, 5.41) is 55.2. The highest BCUT2D eigenvalue weighted by Gasteiger charge is 2.39. The molecule has 0 saturated carbocycles. The molecular weight excluding hydrogens is 1450 g/mol. The quantitative estimate of drug-likeness (QED) is 0.0213. The van der Waals surface area contributed by atoms with Crippen molar-refractivity contribution >= 4 is 89.0 Å². The number of rotatable bonds is 47. The molecule has 0 bridgehead atoms. The highest BCUT2D eigenvalue weighted by molar-refractivity contribution is 6.00. The summed E-state index contributed by atoms with van der Waals surface area (Å²) in [5.41, 5.74) is 30.3. The second-order valence-corrected chi connectivity index (χ2v) is 28.0. The fourth-order valence-corrected chi connectivity index (χ4v) is 11.8. The number of aliphatic hydroxyl groups excluding tert-OH is 2. The Labute approximate surface area is 650 Å². The average Bonchev–Trinajstić information content (AvgIpc) is 1.11. The van der Waals surface area contributed by atoms with Gasteiger partial charge in [0.1, 0.15) is 85.8 Å². The monoisotopic (exact) mass is 1570 g/mol. The summed E-state index contributed by atoms with van der Waals surface area (Å²) < 4.78 is 10.5. The van der Waals surface area contributed by atoms with Crippen LogP contribution in [0.2, 0.25) is 0 Å². The van der Waals surface area contributed by atoms with E-state index in [1.807, 2.05) is 13.8 Å². The van der Waals surface area contributed by atoms with E-state index >= 15 is 0 Å². The van der Waals surface area contributed by atoms with Crippen LogP contribution in [0.1, 0.15) is 163 Å². The third-order valence-electron chi connectivity index (χ3n) is 18.0. The lowest BCUT2D eigenvalue weighted by atomic mass is 10.00. The van der Waals surface area contributed by atoms with Crippen molar-refractivity contribution in [2.24, 2.45) is 34.6 Å². The summed E-state index contributed by atoms with van der Waals surface area (Å²) in [6.45, 7) is 7.11. The first-order valence-electron chi connectivity index (χ1n) is 38.6. The smallest absolute Gasteiger partial charge is 0.245 e. The zero-order chi connectivity index (χ0) is 83.0. The van der Waals surface area contributed by atoms with Crippen molar-refractivity contribution < 1.29 is 91.6 Å². The van der Waals surface area contributed by atoms with Gasteiger partial charge in [-0.3, -0.25) is 67.1 Å². The minimum Gasteiger partial charge on any atom is -0.391 e. The van der Waals surface area contributed by atoms with E-state index in [1.54, 1.807) is 44.2 Å². The predicted octanol–water partition coefficient (Wildman–Crippen LogP) is -5.86. The van der Waals surface area contributed by atoms with E-state index < -0.39 is 193 Å². The number of amides is 14. The van der Waals surface area contributed by atoms with Gasteiger partial charge in [0.05, 0.1) is 44.5 Å². The normalized spacial score (nSPS) is 20.4. The molecule has 2 rings (SSSR count). The fraction of sp³-hybridized carbons (Fsp3) is 0.712. The van der Waals surface area contributed by atoms with E-state index in [4.69, 9.17) is 38.1 Å². The molecule has 0 radical (unpaired) electrons. The first kappa shape index (κ1) is 98.2. The third kappa shape index (κ3) is 38.3. The average molecular weight is 1570 g/mol. The number of unbranched alkanes of at least 4 members (excludes halogenated alkanes) is 6. The van der Waals surface area contributed by atoms with Crippen LogP contribution in [0.5, 0.6) is 0 Å². The molecule has 0 unspecified atom stereocenters. The zero-order valence-electron chi connectivity index (χ0n) is 65.5. The van der Waals surface area contributed by atoms with Gasteiger partial charge in [0, 0.05) is 20.1 Å². The Hall–Kier alpha value is -8.89. The van der Waals surface area contributed by atoms with Crippen LogP contribution in [0.25, 0.3) is 0 Å². The van der Waals surface area contributed by atoms with Crippen molar-refractivity contribution in [3.05, 3.63) is 35.9 Å². The van der Waals surface area contributed by atoms with Gasteiger partial charge in [-0.15, -0.1) is 0 Å². The Morgan fingerprint density at radius 1 is 0.541 bits per heavy atom. The second kappa shape index (κ2) is 55.5. The molecule has 111 heavy (non-hydrogen) atoms. The lowest BCUT2D eigenvalue weighted by Crippen LogP contribution is -2.62. The SMILES string of the molecule is CCCCCC[C@@H](C=O)NC(=O)CN(CC(=O)N[C@@H](CCCCCC)C(=O)N[C@@H](CCN)C(=O)N[C@H](C(=O)N[C@@H](CCN)C(=O)N[C@H]1CCNC(=O)[C@H]([C@@H](C)O)NC(=O)[C@H](CCN)NC(=O)[C@H](CCN)NC(=O)[C@H](CC(C)C)NC(=O)[C@@H](Cc2ccccc2)NC(=O)[C@H](CCN)NC1=O)[C@@H](C)O)C(=O)CCOCCOC. The summed E-state index contributed by atoms with van der Waals surface area (Å²) in [6, 6.07) is -9.63. The van der Waals surface area contributed by atoms with E-state index in [9.17, 15) is 82.1 Å². The van der Waals surface area contributed by atoms with Gasteiger partial charge in [-0.1, -0.05) is 109 Å². The number of carbonyl (C=O) groups is 15. The molecule has 1 saturated heterocycles. The minimum absolute atomic E-state index is 0.0110. The molecule has 0 aromatic heterocycles. The van der Waals surface area contributed by atoms with Crippen molar-refractivity contribution in [3.8, 4) is 0 Å². The number of nitrogens with zero attached hydrogens (tertiary/aromatic N) is 1. The first-order chi connectivity index (χ1) is 52.9. The number of hydrogen-bond acceptors (Lipinski definition) is 24. The van der Waals surface area contributed by atoms with Gasteiger partial charge in [0.25, 0.3) is 0 Å². The Morgan fingerprint density at radius 2 is 1.03 bits per heavy atom. The topological polar surface area (TPSA) is 605 Å². The summed E-state index contributed by atoms with van der Waals surface area (Å²) >= 11 is 0. The Bertz CT molecular complexity index is 3080. The van der Waals surface area contributed by atoms with Crippen molar-refractivity contribution in [1.82, 2.24) is 74.0 Å². The van der Waals surface area contributed by atoms with Gasteiger partial charge in [0.15, 0.2) is 0 Å². The maximum absolute atomic E-state index is 14.8. The van der Waals surface area contributed by atoms with E-state index in [2.05, 4.69) is 69.1 Å². The summed E-state index contributed by atoms with van der Waals surface area (Å²) in [7, 11) is 1.47. The molecule has 1 aromatic rings. The lowest BCUT2D eigenvalue weighted by molar-refractivity contribution is -0.141. The molecule has 14 atom stereocenters. The van der Waals surface area contributed by atoms with Gasteiger partial charge >= 0.3 is 0 Å². The number of nitrogens with one attached hydrogen (secondary N) is 13. The minimum atomic E-state index is -1.90. The van der Waals surface area contributed by atoms with E-state index in [-0.39, 0.29) is 116 Å². The van der Waals surface area contributed by atoms with E-state index in [0.717, 1.165) is 43.9 Å². The van der Waals surface area contributed by atoms with E-state index in [0.29, 0.717) is 37.5 Å². The largest absolute Gasteiger partial charge is 0.391 e. The standard InChI is InChI=1S/C73H127N19O19/c1-8-10-12-17-21-48(43-93)80-58(96)41-92(60(98)29-36-111-38-37-110-7)42-59(97)81-49(22-18-13-11-9-2)63(99)83-54(27-34-78)69(105)91-62(46(6)95)73(109)87-52(25-32-76)65(101)86-55-28-35-79-72(108)61(45(5)94)90-68(104)53(26-33-77)84-64(100)50(23-30-74)85-70(106)56(39-44(3)4)88-71(107)57(40-47-19-15-14-16-20-47)89-66(102)51(24-31-75)82-67(55)103/h14-16,19-20,43-46,48-57,61-62,94-95H,8-13,17-18,21-42,74-78H2,1-7H3,(H,79,108)(H,80,96)(H,81,97)(H,82,103)(H,83,99)(H,84,100)(H,85,106)(H,86,101)(H,87,109)(H,88,107)(H,89,102)(H,90,104)(H,91,105)/t45-,46-,48+,49+,50+,51+,52+,53+,54+,55+,56+,57-,61+,62+/m1/s1. The van der Waals surface area contributed by atoms with Crippen LogP contribution in [-0.4, -0.2) is 268 Å². The van der Waals surface area contributed by atoms with Crippen LogP contribution >= 0.6 is 0 Å². The lowest BCUT2D eigenvalue weighted by Gasteiger charge is -2.29. The fourth-order valence-electron chi connectivity index (χ4n) is 11.8. The molecule has 1 fully saturated rings. The maximum atomic E-state index is 14.8. The molecule has 1 aliphatic rings. The first-order valence-corrected chi connectivity index (χ1v) is 38.6. The van der Waals surface area contributed by atoms with Crippen LogP contribution in [0.4, 0.5) is 0 Å². The number of aldehydes is 1. The van der Waals surface area contributed by atoms with Gasteiger partial charge < -0.3 is 127 Å². The zero-order valence-corrected chi connectivity index (χ0v) is 65.5. The van der Waals surface area contributed by atoms with Crippen LogP contribution < -0.4 is 97.8 Å². The molecule has 38 heteroatoms. The molecule has 1 aromatic carbocycles. The van der Waals surface area contributed by atoms with Gasteiger partial charge in [-0.2, -0.15) is 0 Å². The summed E-state index contributed by atoms with van der Waals surface area (Å²) in [4.78, 5) is 212. The molecule has 38 nitrogen and oxygen atoms in total. The number of carbonyl (C=O) groups excluding carboxylic acids is 15. The molecule has 14 amide bonds. The van der Waals surface area contributed by atoms with Crippen molar-refractivity contribution in [1.29, 1.82) is 0 Å². The third-order valence-corrected chi connectivity index (χ3v) is 18.0. The van der Waals surface area contributed by atoms with Gasteiger partial charge in [0.2, 0.25) is 82.7 Å². The number of benzene rings is 1. The van der Waals surface area contributed by atoms with Crippen LogP contribution in [0, 0.1) is 5.92 Å². The van der Waals surface area contributed by atoms with Crippen LogP contribution in [0.15, 0.2) is 30.3 Å². The molecule has 25 N–H and O–H groups in total. The van der Waals surface area contributed by atoms with E-state index in [1.165, 1.54) is 14.0 Å². The highest BCUT2D eigenvalue weighted by Crippen LogP contribution is 2.14. The Kier molecular flexibility index (Phi) is 49.1. The van der Waals surface area contributed by atoms with Crippen molar-refractivity contribution in [2.45, 2.75) is 248 Å². The van der Waals surface area contributed by atoms with Crippen LogP contribution in [-0.2, 0) is 87.8 Å². The predicted molar refractivity (Wildman–Crippen MR) is 410 cm³/mol. The summed E-state index contributed by atoms with van der Waals surface area (Å²) in [5.74, 6) is -13.4. The maximum Gasteiger partial charge on any atom is 0.245 e. The summed E-state index contributed by atoms with van der Waals surface area (Å²) in [6.07, 6.45) is 1.31. The van der Waals surface area contributed by atoms with Crippen molar-refractivity contribution in [3.63, 3.8) is 0 Å². The second-order valence-electron chi connectivity index (χ2n) is 28.0. The molecular formula is C73H127N19O19. The van der Waals surface area contributed by atoms with Gasteiger partial charge in [-0.05, 0) is 116 Å². The highest BCUT2D eigenvalue weighted by atomic mass is 16.5. The van der Waals surface area contributed by atoms with Crippen molar-refractivity contribution in [2.75, 3.05) is 79.3 Å². The molecule has 1 heterocycles. The number of methoxy groups -OCH3 is 1. The molecule has 0 aliphatic carbocycles. The Morgan fingerprint density at radius 3 is 1.55 bits per heavy atom. The van der Waals surface area contributed by atoms with Crippen LogP contribution in [0.3, 0.4) is 0 Å². The Balaban J connectivity index is 2.66. The van der Waals surface area contributed by atoms with Gasteiger partial charge in [-0.25, -0.2) is 0 Å². The molecule has 628 valence electrons. The molecule has 1 aliphatic heterocycles.